The van der Waals surface area contributed by atoms with Crippen LogP contribution in [0, 0.1) is 0 Å². The summed E-state index contributed by atoms with van der Waals surface area (Å²) < 4.78 is 5.37. The molecule has 0 spiro atoms. The quantitative estimate of drug-likeness (QED) is 0.920. The third kappa shape index (κ3) is 4.21. The van der Waals surface area contributed by atoms with Gasteiger partial charge in [0.2, 0.25) is 0 Å². The van der Waals surface area contributed by atoms with E-state index in [1.165, 1.54) is 5.69 Å². The van der Waals surface area contributed by atoms with Gasteiger partial charge in [0.1, 0.15) is 5.60 Å². The molecule has 0 aliphatic carbocycles. The molecule has 1 amide bonds. The summed E-state index contributed by atoms with van der Waals surface area (Å²) in [6, 6.07) is 10.5. The van der Waals surface area contributed by atoms with Gasteiger partial charge in [-0.1, -0.05) is 25.1 Å². The lowest BCUT2D eigenvalue weighted by molar-refractivity contribution is 0.0509. The van der Waals surface area contributed by atoms with Crippen molar-refractivity contribution in [2.24, 2.45) is 0 Å². The number of hydrogen-bond acceptors (Lipinski definition) is 4. The number of nitrogens with zero attached hydrogens (tertiary/aromatic N) is 2. The van der Waals surface area contributed by atoms with Gasteiger partial charge in [0, 0.05) is 29.9 Å². The number of carbonyl (C=O) groups excluding carboxylic acids is 1. The zero-order valence-corrected chi connectivity index (χ0v) is 15.5. The fraction of sp³-hybridized carbons (Fsp3) is 0.500. The number of carbonyl (C=O) groups is 1. The largest absolute Gasteiger partial charge is 0.444 e. The zero-order valence-electron chi connectivity index (χ0n) is 15.5. The van der Waals surface area contributed by atoms with Crippen LogP contribution in [-0.4, -0.2) is 35.8 Å². The average molecular weight is 341 g/mol. The van der Waals surface area contributed by atoms with Gasteiger partial charge in [-0.25, -0.2) is 4.79 Å². The van der Waals surface area contributed by atoms with Crippen molar-refractivity contribution in [2.75, 3.05) is 18.0 Å². The van der Waals surface area contributed by atoms with Crippen LogP contribution >= 0.6 is 0 Å². The summed E-state index contributed by atoms with van der Waals surface area (Å²) in [5.41, 5.74) is 2.85. The first kappa shape index (κ1) is 17.5. The molecule has 1 atom stereocenters. The van der Waals surface area contributed by atoms with E-state index < -0.39 is 5.60 Å². The first-order chi connectivity index (χ1) is 11.9. The monoisotopic (exact) mass is 341 g/mol. The molecule has 1 unspecified atom stereocenters. The van der Waals surface area contributed by atoms with E-state index in [0.29, 0.717) is 0 Å². The van der Waals surface area contributed by atoms with Crippen LogP contribution in [0.4, 0.5) is 10.5 Å². The lowest BCUT2D eigenvalue weighted by Crippen LogP contribution is -2.40. The Labute approximate surface area is 149 Å². The van der Waals surface area contributed by atoms with Crippen molar-refractivity contribution in [2.45, 2.75) is 52.2 Å². The van der Waals surface area contributed by atoms with Gasteiger partial charge >= 0.3 is 6.09 Å². The Morgan fingerprint density at radius 3 is 2.84 bits per heavy atom. The van der Waals surface area contributed by atoms with E-state index in [2.05, 4.69) is 35.3 Å². The Hall–Kier alpha value is -2.30. The van der Waals surface area contributed by atoms with Crippen LogP contribution < -0.4 is 10.2 Å². The Balaban J connectivity index is 1.76. The molecule has 1 N–H and O–H groups in total. The molecular formula is C20H27N3O2. The zero-order chi connectivity index (χ0) is 18.0. The molecule has 3 rings (SSSR count). The number of fused-ring (bicyclic) bond motifs is 1. The van der Waals surface area contributed by atoms with Gasteiger partial charge in [-0.05, 0) is 45.7 Å². The maximum absolute atomic E-state index is 12.0. The van der Waals surface area contributed by atoms with Crippen LogP contribution in [0.1, 0.15) is 39.8 Å². The molecule has 0 saturated carbocycles. The summed E-state index contributed by atoms with van der Waals surface area (Å²) in [6.45, 7) is 9.46. The van der Waals surface area contributed by atoms with Crippen LogP contribution in [0.25, 0.3) is 10.9 Å². The van der Waals surface area contributed by atoms with Crippen LogP contribution in [0.5, 0.6) is 0 Å². The van der Waals surface area contributed by atoms with E-state index in [9.17, 15) is 4.79 Å². The fourth-order valence-electron chi connectivity index (χ4n) is 3.22. The number of aryl methyl sites for hydroxylation is 1. The second-order valence-corrected chi connectivity index (χ2v) is 7.58. The van der Waals surface area contributed by atoms with Crippen LogP contribution in [0.15, 0.2) is 30.3 Å². The predicted octanol–water partition coefficient (Wildman–Crippen LogP) is 3.90. The average Bonchev–Trinajstić information content (AvgIpc) is 3.00. The summed E-state index contributed by atoms with van der Waals surface area (Å²) in [4.78, 5) is 19.1. The van der Waals surface area contributed by atoms with Gasteiger partial charge in [0.25, 0.3) is 0 Å². The maximum Gasteiger partial charge on any atom is 0.407 e. The minimum atomic E-state index is -0.473. The normalized spacial score (nSPS) is 17.8. The van der Waals surface area contributed by atoms with E-state index >= 15 is 0 Å². The molecule has 1 saturated heterocycles. The number of benzene rings is 1. The van der Waals surface area contributed by atoms with Gasteiger partial charge in [-0.2, -0.15) is 0 Å². The first-order valence-corrected chi connectivity index (χ1v) is 8.99. The summed E-state index contributed by atoms with van der Waals surface area (Å²) in [5, 5.41) is 4.16. The van der Waals surface area contributed by atoms with Crippen LogP contribution in [0.3, 0.4) is 0 Å². The number of para-hydroxylation sites is 1. The highest BCUT2D eigenvalue weighted by Gasteiger charge is 2.27. The van der Waals surface area contributed by atoms with E-state index in [0.717, 1.165) is 42.5 Å². The van der Waals surface area contributed by atoms with Crippen LogP contribution in [-0.2, 0) is 11.2 Å². The summed E-state index contributed by atoms with van der Waals surface area (Å²) in [5.74, 6) is 0. The van der Waals surface area contributed by atoms with Gasteiger partial charge < -0.3 is 15.0 Å². The van der Waals surface area contributed by atoms with E-state index in [1.807, 2.05) is 32.9 Å². The molecule has 5 heteroatoms. The van der Waals surface area contributed by atoms with Crippen molar-refractivity contribution >= 4 is 22.7 Å². The van der Waals surface area contributed by atoms with Gasteiger partial charge in [0.15, 0.2) is 0 Å². The number of ether oxygens (including phenoxy) is 1. The number of amides is 1. The number of aromatic nitrogens is 1. The Kier molecular flexibility index (Phi) is 4.84. The standard InChI is InChI=1S/C20H27N3O2/c1-5-14-12-18(16-8-6-7-9-17(16)21-14)23-11-10-15(13-23)22-19(24)25-20(2,3)4/h6-9,12,15H,5,10-11,13H2,1-4H3,(H,22,24). The Morgan fingerprint density at radius 1 is 1.36 bits per heavy atom. The molecule has 0 radical (unpaired) electrons. The second-order valence-electron chi connectivity index (χ2n) is 7.58. The molecule has 134 valence electrons. The summed E-state index contributed by atoms with van der Waals surface area (Å²) in [6.07, 6.45) is 1.48. The molecule has 2 aromatic rings. The SMILES string of the molecule is CCc1cc(N2CCC(NC(=O)OC(C)(C)C)C2)c2ccccc2n1. The molecule has 1 aliphatic rings. The summed E-state index contributed by atoms with van der Waals surface area (Å²) >= 11 is 0. The molecule has 2 heterocycles. The fourth-order valence-corrected chi connectivity index (χ4v) is 3.22. The Bertz CT molecular complexity index is 767. The number of pyridine rings is 1. The third-order valence-corrected chi connectivity index (χ3v) is 4.36. The van der Waals surface area contributed by atoms with E-state index in [4.69, 9.17) is 9.72 Å². The highest BCUT2D eigenvalue weighted by Crippen LogP contribution is 2.29. The molecule has 1 aromatic carbocycles. The minimum absolute atomic E-state index is 0.104. The molecule has 5 nitrogen and oxygen atoms in total. The smallest absolute Gasteiger partial charge is 0.407 e. The molecule has 0 bridgehead atoms. The molecule has 1 aromatic heterocycles. The lowest BCUT2D eigenvalue weighted by Gasteiger charge is -2.23. The lowest BCUT2D eigenvalue weighted by atomic mass is 10.1. The van der Waals surface area contributed by atoms with Crippen molar-refractivity contribution in [3.8, 4) is 0 Å². The number of hydrogen-bond donors (Lipinski definition) is 1. The first-order valence-electron chi connectivity index (χ1n) is 8.99. The predicted molar refractivity (Wildman–Crippen MR) is 101 cm³/mol. The minimum Gasteiger partial charge on any atom is -0.444 e. The van der Waals surface area contributed by atoms with Gasteiger partial charge in [-0.3, -0.25) is 4.98 Å². The highest BCUT2D eigenvalue weighted by molar-refractivity contribution is 5.92. The highest BCUT2D eigenvalue weighted by atomic mass is 16.6. The molecule has 1 aliphatic heterocycles. The summed E-state index contributed by atoms with van der Waals surface area (Å²) in [7, 11) is 0. The second kappa shape index (κ2) is 6.90. The van der Waals surface area contributed by atoms with Crippen molar-refractivity contribution < 1.29 is 9.53 Å². The van der Waals surface area contributed by atoms with Gasteiger partial charge in [-0.15, -0.1) is 0 Å². The van der Waals surface area contributed by atoms with Crippen molar-refractivity contribution in [3.63, 3.8) is 0 Å². The maximum atomic E-state index is 12.0. The molecule has 25 heavy (non-hydrogen) atoms. The number of rotatable bonds is 3. The number of alkyl carbamates (subject to hydrolysis) is 1. The topological polar surface area (TPSA) is 54.5 Å². The van der Waals surface area contributed by atoms with Crippen molar-refractivity contribution in [1.29, 1.82) is 0 Å². The van der Waals surface area contributed by atoms with Crippen molar-refractivity contribution in [3.05, 3.63) is 36.0 Å². The van der Waals surface area contributed by atoms with Crippen LogP contribution in [0.2, 0.25) is 0 Å². The van der Waals surface area contributed by atoms with E-state index in [-0.39, 0.29) is 12.1 Å². The van der Waals surface area contributed by atoms with E-state index in [1.54, 1.807) is 0 Å². The number of nitrogens with one attached hydrogen (secondary N) is 1. The van der Waals surface area contributed by atoms with Gasteiger partial charge in [0.05, 0.1) is 11.6 Å². The Morgan fingerprint density at radius 2 is 2.12 bits per heavy atom. The molecule has 1 fully saturated rings. The third-order valence-electron chi connectivity index (χ3n) is 4.36. The number of anilines is 1. The molecular weight excluding hydrogens is 314 g/mol. The van der Waals surface area contributed by atoms with Crippen molar-refractivity contribution in [1.82, 2.24) is 10.3 Å².